The number of amides is 2. The molecule has 19 heteroatoms. The van der Waals surface area contributed by atoms with Gasteiger partial charge in [0.05, 0.1) is 40.1 Å². The molecular weight excluding hydrogens is 775 g/mol. The smallest absolute Gasteiger partial charge is 0.416 e. The predicted octanol–water partition coefficient (Wildman–Crippen LogP) is 5.65. The molecule has 6 heterocycles. The molecular formula is C37H31ClF3N9O5S. The molecule has 2 aliphatic heterocycles. The Morgan fingerprint density at radius 1 is 1.00 bits per heavy atom. The second kappa shape index (κ2) is 14.7. The molecule has 2 aromatic carbocycles. The van der Waals surface area contributed by atoms with Gasteiger partial charge in [-0.15, -0.1) is 5.10 Å². The van der Waals surface area contributed by atoms with Crippen molar-refractivity contribution in [1.82, 2.24) is 33.4 Å². The van der Waals surface area contributed by atoms with Gasteiger partial charge in [0, 0.05) is 49.7 Å². The van der Waals surface area contributed by atoms with Crippen molar-refractivity contribution in [1.29, 1.82) is 0 Å². The number of carbonyl (C=O) groups excluding carboxylic acids is 2. The first-order valence-electron chi connectivity index (χ1n) is 17.4. The van der Waals surface area contributed by atoms with Crippen LogP contribution in [-0.2, 0) is 41.9 Å². The van der Waals surface area contributed by atoms with E-state index in [0.717, 1.165) is 45.4 Å². The Bertz CT molecular complexity index is 2570. The summed E-state index contributed by atoms with van der Waals surface area (Å²) in [5, 5.41) is 17.8. The summed E-state index contributed by atoms with van der Waals surface area (Å²) < 4.78 is 52.3. The third kappa shape index (κ3) is 6.83. The first-order valence-corrected chi connectivity index (χ1v) is 18.6. The van der Waals surface area contributed by atoms with Crippen molar-refractivity contribution < 1.29 is 32.6 Å². The molecule has 0 bridgehead atoms. The predicted molar refractivity (Wildman–Crippen MR) is 201 cm³/mol. The maximum absolute atomic E-state index is 14.4. The van der Waals surface area contributed by atoms with Crippen LogP contribution >= 0.6 is 23.1 Å². The molecule has 288 valence electrons. The molecule has 0 atom stereocenters. The lowest BCUT2D eigenvalue weighted by Gasteiger charge is -2.36. The number of ether oxygens (including phenoxy) is 1. The van der Waals surface area contributed by atoms with Crippen LogP contribution in [0.1, 0.15) is 39.8 Å². The number of aromatic nitrogens is 6. The minimum atomic E-state index is -4.62. The zero-order chi connectivity index (χ0) is 39.3. The minimum Gasteiger partial charge on any atom is -0.504 e. The summed E-state index contributed by atoms with van der Waals surface area (Å²) in [6.45, 7) is 3.15. The molecule has 56 heavy (non-hydrogen) atoms. The number of aromatic hydroxyl groups is 1. The number of halogens is 4. The van der Waals surface area contributed by atoms with Gasteiger partial charge >= 0.3 is 6.18 Å². The van der Waals surface area contributed by atoms with Crippen LogP contribution in [0.2, 0.25) is 5.02 Å². The number of nitrogens with zero attached hydrogens (tertiary/aromatic N) is 8. The van der Waals surface area contributed by atoms with E-state index in [4.69, 9.17) is 21.3 Å². The lowest BCUT2D eigenvalue weighted by Crippen LogP contribution is -2.51. The molecule has 4 aromatic heterocycles. The van der Waals surface area contributed by atoms with Crippen molar-refractivity contribution in [2.45, 2.75) is 39.3 Å². The Kier molecular flexibility index (Phi) is 9.71. The second-order valence-corrected chi connectivity index (χ2v) is 14.3. The van der Waals surface area contributed by atoms with E-state index in [-0.39, 0.29) is 72.0 Å². The third-order valence-electron chi connectivity index (χ3n) is 9.71. The summed E-state index contributed by atoms with van der Waals surface area (Å²) in [4.78, 5) is 54.1. The molecule has 1 fully saturated rings. The van der Waals surface area contributed by atoms with Crippen molar-refractivity contribution >= 4 is 52.1 Å². The molecule has 2 amide bonds. The van der Waals surface area contributed by atoms with Crippen LogP contribution in [0.15, 0.2) is 65.7 Å². The summed E-state index contributed by atoms with van der Waals surface area (Å²) >= 11 is 7.16. The van der Waals surface area contributed by atoms with Gasteiger partial charge in [0.2, 0.25) is 11.7 Å². The quantitative estimate of drug-likeness (QED) is 0.197. The number of alkyl halides is 3. The van der Waals surface area contributed by atoms with Gasteiger partial charge in [-0.2, -0.15) is 27.0 Å². The lowest BCUT2D eigenvalue weighted by atomic mass is 10.1. The summed E-state index contributed by atoms with van der Waals surface area (Å²) in [5.74, 6) is -0.998. The fourth-order valence-corrected chi connectivity index (χ4v) is 7.89. The van der Waals surface area contributed by atoms with Crippen molar-refractivity contribution in [3.05, 3.63) is 104 Å². The van der Waals surface area contributed by atoms with Crippen LogP contribution < -0.4 is 15.8 Å². The average molecular weight is 806 g/mol. The number of benzene rings is 2. The SMILES string of the molecule is CCc1c(N2CCN(C(=O)c3nsc(-c4ccncc4)c3O)CC2)c(=O)n2nc(-c3ccc4c(c3)COC4)nc2n1CC(=O)Nc1ccc(C(F)(F)F)cc1Cl. The first-order chi connectivity index (χ1) is 26.9. The summed E-state index contributed by atoms with van der Waals surface area (Å²) in [7, 11) is 0. The third-order valence-corrected chi connectivity index (χ3v) is 10.9. The van der Waals surface area contributed by atoms with Gasteiger partial charge in [0.1, 0.15) is 12.2 Å². The summed E-state index contributed by atoms with van der Waals surface area (Å²) in [5.41, 5.74) is 2.47. The highest BCUT2D eigenvalue weighted by Gasteiger charge is 2.33. The topological polar surface area (TPSA) is 160 Å². The van der Waals surface area contributed by atoms with Gasteiger partial charge in [-0.3, -0.25) is 19.4 Å². The molecule has 0 aliphatic carbocycles. The zero-order valence-electron chi connectivity index (χ0n) is 29.5. The largest absolute Gasteiger partial charge is 0.504 e. The second-order valence-electron chi connectivity index (χ2n) is 13.1. The van der Waals surface area contributed by atoms with Crippen molar-refractivity contribution in [2.24, 2.45) is 0 Å². The molecule has 0 radical (unpaired) electrons. The van der Waals surface area contributed by atoms with Gasteiger partial charge in [-0.05, 0) is 65.5 Å². The number of hydrogen-bond donors (Lipinski definition) is 2. The number of anilines is 2. The Morgan fingerprint density at radius 3 is 2.46 bits per heavy atom. The van der Waals surface area contributed by atoms with Gasteiger partial charge in [-0.25, -0.2) is 0 Å². The Labute approximate surface area is 324 Å². The van der Waals surface area contributed by atoms with Gasteiger partial charge in [-0.1, -0.05) is 30.7 Å². The maximum atomic E-state index is 14.4. The van der Waals surface area contributed by atoms with Crippen LogP contribution in [0.5, 0.6) is 5.75 Å². The van der Waals surface area contributed by atoms with Crippen molar-refractivity contribution in [3.63, 3.8) is 0 Å². The van der Waals surface area contributed by atoms with Crippen LogP contribution in [-0.4, -0.2) is 76.5 Å². The lowest BCUT2D eigenvalue weighted by molar-refractivity contribution is -0.137. The highest BCUT2D eigenvalue weighted by molar-refractivity contribution is 7.10. The van der Waals surface area contributed by atoms with E-state index >= 15 is 0 Å². The molecule has 14 nitrogen and oxygen atoms in total. The summed E-state index contributed by atoms with van der Waals surface area (Å²) in [6, 6.07) is 11.7. The van der Waals surface area contributed by atoms with Crippen molar-refractivity contribution in [2.75, 3.05) is 36.4 Å². The molecule has 2 aliphatic rings. The normalized spacial score (nSPS) is 14.4. The number of rotatable bonds is 8. The van der Waals surface area contributed by atoms with Crippen molar-refractivity contribution in [3.8, 4) is 27.6 Å². The van der Waals surface area contributed by atoms with Crippen LogP contribution in [0.3, 0.4) is 0 Å². The molecule has 0 unspecified atom stereocenters. The molecule has 0 spiro atoms. The number of hydrogen-bond acceptors (Lipinski definition) is 11. The van der Waals surface area contributed by atoms with E-state index in [0.29, 0.717) is 34.9 Å². The van der Waals surface area contributed by atoms with E-state index in [9.17, 15) is 32.7 Å². The van der Waals surface area contributed by atoms with E-state index in [1.807, 2.05) is 30.0 Å². The van der Waals surface area contributed by atoms with E-state index < -0.39 is 35.7 Å². The van der Waals surface area contributed by atoms with Gasteiger partial charge in [0.15, 0.2) is 17.3 Å². The molecule has 1 saturated heterocycles. The fourth-order valence-electron chi connectivity index (χ4n) is 6.89. The Balaban J connectivity index is 1.12. The van der Waals surface area contributed by atoms with Crippen LogP contribution in [0.4, 0.5) is 24.5 Å². The van der Waals surface area contributed by atoms with E-state index in [2.05, 4.69) is 19.8 Å². The maximum Gasteiger partial charge on any atom is 0.416 e. The van der Waals surface area contributed by atoms with Crippen LogP contribution in [0, 0.1) is 0 Å². The van der Waals surface area contributed by atoms with Crippen LogP contribution in [0.25, 0.3) is 27.6 Å². The highest BCUT2D eigenvalue weighted by atomic mass is 35.5. The highest BCUT2D eigenvalue weighted by Crippen LogP contribution is 2.37. The Hall–Kier alpha value is -5.85. The van der Waals surface area contributed by atoms with E-state index in [1.165, 1.54) is 0 Å². The monoisotopic (exact) mass is 805 g/mol. The standard InChI is InChI=1S/C37H31ClF3N9O5S/c1-2-27-30(47-11-13-48(14-12-47)34(53)29-31(52)32(56-46-29)20-7-9-42-10-8-20)35(54)50-36(44-33(45-50)21-3-4-22-18-55-19-23(22)15-21)49(27)17-28(51)43-26-6-5-24(16-25(26)38)37(39,40)41/h3-10,15-16,52H,2,11-14,17-19H2,1H3,(H,43,51). The number of carbonyl (C=O) groups is 2. The summed E-state index contributed by atoms with van der Waals surface area (Å²) in [6.07, 6.45) is -1.19. The molecule has 2 N–H and O–H groups in total. The average Bonchev–Trinajstić information content (AvgIpc) is 3.95. The van der Waals surface area contributed by atoms with Gasteiger partial charge < -0.3 is 29.5 Å². The molecule has 8 rings (SSSR count). The fraction of sp³-hybridized carbons (Fsp3) is 0.270. The van der Waals surface area contributed by atoms with Gasteiger partial charge in [0.25, 0.3) is 11.5 Å². The number of pyridine rings is 1. The molecule has 0 saturated carbocycles. The number of nitrogens with one attached hydrogen (secondary N) is 1. The number of piperazine rings is 1. The Morgan fingerprint density at radius 2 is 1.75 bits per heavy atom. The molecule has 6 aromatic rings. The first kappa shape index (κ1) is 37.1. The minimum absolute atomic E-state index is 0.0256. The number of fused-ring (bicyclic) bond motifs is 2. The zero-order valence-corrected chi connectivity index (χ0v) is 31.1. The van der Waals surface area contributed by atoms with E-state index in [1.54, 1.807) is 34.0 Å².